The van der Waals surface area contributed by atoms with E-state index in [0.29, 0.717) is 32.2 Å². The molecule has 15 nitrogen and oxygen atoms in total. The first-order valence-corrected chi connectivity index (χ1v) is 12.2. The number of aliphatic imine (C=N–C) groups is 1. The van der Waals surface area contributed by atoms with Gasteiger partial charge in [0.1, 0.15) is 18.1 Å². The van der Waals surface area contributed by atoms with Crippen LogP contribution in [0, 0.1) is 5.92 Å². The van der Waals surface area contributed by atoms with Gasteiger partial charge in [-0.3, -0.25) is 24.2 Å². The van der Waals surface area contributed by atoms with Gasteiger partial charge in [0, 0.05) is 6.54 Å². The molecule has 0 spiro atoms. The molecule has 15 heteroatoms. The molecule has 37 heavy (non-hydrogen) atoms. The first-order chi connectivity index (χ1) is 17.3. The third-order valence-corrected chi connectivity index (χ3v) is 5.24. The average Bonchev–Trinajstić information content (AvgIpc) is 2.78. The van der Waals surface area contributed by atoms with E-state index in [0.717, 1.165) is 0 Å². The lowest BCUT2D eigenvalue weighted by molar-refractivity contribution is -0.143. The molecule has 0 unspecified atom stereocenters. The van der Waals surface area contributed by atoms with Crippen LogP contribution in [-0.4, -0.2) is 77.9 Å². The normalized spacial score (nSPS) is 14.1. The minimum atomic E-state index is -1.57. The molecule has 0 fully saturated rings. The number of primary amides is 1. The van der Waals surface area contributed by atoms with Gasteiger partial charge in [-0.15, -0.1) is 0 Å². The SMILES string of the molecule is CC(C)C[C@H](N)C(=O)N[C@@H](CCCN=C(N)N)C(=O)N[C@@H](CCCCN)C(=O)N[C@@H](CC(N)=O)C(=O)O. The molecule has 0 radical (unpaired) electrons. The number of nitrogens with zero attached hydrogens (tertiary/aromatic N) is 1. The number of nitrogens with one attached hydrogen (secondary N) is 3. The third kappa shape index (κ3) is 15.3. The quantitative estimate of drug-likeness (QED) is 0.0463. The number of aliphatic carboxylic acids is 1. The molecular weight excluding hydrogens is 486 g/mol. The van der Waals surface area contributed by atoms with Crippen LogP contribution in [0.2, 0.25) is 0 Å². The van der Waals surface area contributed by atoms with E-state index in [-0.39, 0.29) is 31.3 Å². The second-order valence-electron chi connectivity index (χ2n) is 9.16. The van der Waals surface area contributed by atoms with Gasteiger partial charge in [-0.25, -0.2) is 4.79 Å². The monoisotopic (exact) mass is 529 g/mol. The Morgan fingerprint density at radius 1 is 0.811 bits per heavy atom. The summed E-state index contributed by atoms with van der Waals surface area (Å²) in [6.45, 7) is 4.35. The van der Waals surface area contributed by atoms with E-state index in [4.69, 9.17) is 28.7 Å². The minimum absolute atomic E-state index is 0.121. The van der Waals surface area contributed by atoms with Crippen LogP contribution in [0.3, 0.4) is 0 Å². The highest BCUT2D eigenvalue weighted by Crippen LogP contribution is 2.07. The lowest BCUT2D eigenvalue weighted by Gasteiger charge is -2.25. The molecule has 0 heterocycles. The summed E-state index contributed by atoms with van der Waals surface area (Å²) in [5, 5.41) is 16.7. The average molecular weight is 530 g/mol. The first kappa shape index (κ1) is 33.5. The number of rotatable bonds is 19. The van der Waals surface area contributed by atoms with Gasteiger partial charge in [-0.05, 0) is 51.0 Å². The standard InChI is InChI=1S/C22H43N9O6/c1-12(2)10-13(24)18(33)29-15(7-5-9-28-22(26)27)19(34)30-14(6-3-4-8-23)20(35)31-16(21(36)37)11-17(25)32/h12-16H,3-11,23-24H2,1-2H3,(H2,25,32)(H,29,33)(H,30,34)(H,31,35)(H,36,37)(H4,26,27,28)/t13-,14-,15-,16-/m0/s1. The van der Waals surface area contributed by atoms with Crippen molar-refractivity contribution in [3.05, 3.63) is 0 Å². The first-order valence-electron chi connectivity index (χ1n) is 12.2. The van der Waals surface area contributed by atoms with Crippen LogP contribution < -0.4 is 44.6 Å². The predicted octanol–water partition coefficient (Wildman–Crippen LogP) is -3.04. The van der Waals surface area contributed by atoms with Gasteiger partial charge in [0.15, 0.2) is 5.96 Å². The van der Waals surface area contributed by atoms with Crippen LogP contribution in [0.1, 0.15) is 58.8 Å². The van der Waals surface area contributed by atoms with E-state index in [1.807, 2.05) is 13.8 Å². The molecule has 0 aliphatic heterocycles. The Kier molecular flexibility index (Phi) is 16.2. The molecule has 0 aromatic heterocycles. The maximum Gasteiger partial charge on any atom is 0.326 e. The van der Waals surface area contributed by atoms with Crippen molar-refractivity contribution in [1.29, 1.82) is 0 Å². The fourth-order valence-electron chi connectivity index (χ4n) is 3.37. The number of nitrogens with two attached hydrogens (primary N) is 5. The molecule has 0 rings (SSSR count). The van der Waals surface area contributed by atoms with Gasteiger partial charge in [0.25, 0.3) is 0 Å². The summed E-state index contributed by atoms with van der Waals surface area (Å²) < 4.78 is 0. The Hall–Kier alpha value is -3.46. The van der Waals surface area contributed by atoms with Crippen molar-refractivity contribution in [3.63, 3.8) is 0 Å². The van der Waals surface area contributed by atoms with Crippen LogP contribution in [0.5, 0.6) is 0 Å². The lowest BCUT2D eigenvalue weighted by atomic mass is 10.0. The summed E-state index contributed by atoms with van der Waals surface area (Å²) in [6.07, 6.45) is 1.38. The summed E-state index contributed by atoms with van der Waals surface area (Å²) in [7, 11) is 0. The van der Waals surface area contributed by atoms with Crippen LogP contribution >= 0.6 is 0 Å². The third-order valence-electron chi connectivity index (χ3n) is 5.24. The smallest absolute Gasteiger partial charge is 0.326 e. The predicted molar refractivity (Wildman–Crippen MR) is 137 cm³/mol. The van der Waals surface area contributed by atoms with Crippen molar-refractivity contribution >= 4 is 35.6 Å². The molecule has 212 valence electrons. The van der Waals surface area contributed by atoms with E-state index in [1.165, 1.54) is 0 Å². The number of guanidine groups is 1. The van der Waals surface area contributed by atoms with E-state index in [2.05, 4.69) is 20.9 Å². The summed E-state index contributed by atoms with van der Waals surface area (Å²) >= 11 is 0. The molecule has 0 aromatic rings. The highest BCUT2D eigenvalue weighted by atomic mass is 16.4. The van der Waals surface area contributed by atoms with E-state index < -0.39 is 60.2 Å². The highest BCUT2D eigenvalue weighted by molar-refractivity contribution is 5.94. The molecule has 0 saturated heterocycles. The van der Waals surface area contributed by atoms with Crippen LogP contribution in [-0.2, 0) is 24.0 Å². The minimum Gasteiger partial charge on any atom is -0.480 e. The van der Waals surface area contributed by atoms with Crippen molar-refractivity contribution in [1.82, 2.24) is 16.0 Å². The molecular formula is C22H43N9O6. The van der Waals surface area contributed by atoms with Crippen molar-refractivity contribution in [2.45, 2.75) is 83.0 Å². The number of unbranched alkanes of at least 4 members (excludes halogenated alkanes) is 1. The number of carboxylic acids is 1. The van der Waals surface area contributed by atoms with Gasteiger partial charge in [-0.1, -0.05) is 13.8 Å². The van der Waals surface area contributed by atoms with Crippen molar-refractivity contribution < 1.29 is 29.1 Å². The zero-order chi connectivity index (χ0) is 28.5. The number of carbonyl (C=O) groups excluding carboxylic acids is 4. The fraction of sp³-hybridized carbons (Fsp3) is 0.727. The largest absolute Gasteiger partial charge is 0.480 e. The lowest BCUT2D eigenvalue weighted by Crippen LogP contribution is -2.57. The number of carboxylic acid groups (broad SMARTS) is 1. The van der Waals surface area contributed by atoms with Crippen molar-refractivity contribution in [2.75, 3.05) is 13.1 Å². The van der Waals surface area contributed by atoms with Gasteiger partial charge < -0.3 is 49.7 Å². The van der Waals surface area contributed by atoms with Gasteiger partial charge in [0.2, 0.25) is 23.6 Å². The number of amides is 4. The Labute approximate surface area is 216 Å². The molecule has 0 aliphatic rings. The molecule has 0 aromatic carbocycles. The fourth-order valence-corrected chi connectivity index (χ4v) is 3.37. The van der Waals surface area contributed by atoms with Gasteiger partial charge in [0.05, 0.1) is 12.5 Å². The number of hydrogen-bond acceptors (Lipinski definition) is 8. The van der Waals surface area contributed by atoms with Gasteiger partial charge in [-0.2, -0.15) is 0 Å². The molecule has 0 aliphatic carbocycles. The van der Waals surface area contributed by atoms with Gasteiger partial charge >= 0.3 is 5.97 Å². The van der Waals surface area contributed by atoms with Crippen LogP contribution in [0.4, 0.5) is 0 Å². The molecule has 4 atom stereocenters. The second-order valence-corrected chi connectivity index (χ2v) is 9.16. The molecule has 4 amide bonds. The maximum absolute atomic E-state index is 13.1. The Morgan fingerprint density at radius 2 is 1.32 bits per heavy atom. The van der Waals surface area contributed by atoms with Crippen LogP contribution in [0.25, 0.3) is 0 Å². The van der Waals surface area contributed by atoms with E-state index in [9.17, 15) is 29.1 Å². The highest BCUT2D eigenvalue weighted by Gasteiger charge is 2.30. The summed E-state index contributed by atoms with van der Waals surface area (Å²) in [4.78, 5) is 65.1. The van der Waals surface area contributed by atoms with Crippen molar-refractivity contribution in [3.8, 4) is 0 Å². The molecule has 14 N–H and O–H groups in total. The zero-order valence-corrected chi connectivity index (χ0v) is 21.6. The number of carbonyl (C=O) groups is 5. The zero-order valence-electron chi connectivity index (χ0n) is 21.6. The number of hydrogen-bond donors (Lipinski definition) is 9. The van der Waals surface area contributed by atoms with Crippen molar-refractivity contribution in [2.24, 2.45) is 39.6 Å². The Morgan fingerprint density at radius 3 is 1.78 bits per heavy atom. The summed E-state index contributed by atoms with van der Waals surface area (Å²) in [5.41, 5.74) is 27.2. The van der Waals surface area contributed by atoms with E-state index >= 15 is 0 Å². The summed E-state index contributed by atoms with van der Waals surface area (Å²) in [6, 6.07) is -4.63. The molecule has 0 saturated carbocycles. The summed E-state index contributed by atoms with van der Waals surface area (Å²) in [5.74, 6) is -4.38. The maximum atomic E-state index is 13.1. The Balaban J connectivity index is 5.65. The van der Waals surface area contributed by atoms with E-state index in [1.54, 1.807) is 0 Å². The van der Waals surface area contributed by atoms with Crippen LogP contribution in [0.15, 0.2) is 4.99 Å². The Bertz CT molecular complexity index is 802. The molecule has 0 bridgehead atoms. The second kappa shape index (κ2) is 17.9. The topological polar surface area (TPSA) is 284 Å².